The van der Waals surface area contributed by atoms with Crippen molar-refractivity contribution in [2.45, 2.75) is 45.6 Å². The molecule has 1 aliphatic carbocycles. The van der Waals surface area contributed by atoms with Crippen molar-refractivity contribution in [2.75, 3.05) is 6.54 Å². The van der Waals surface area contributed by atoms with Crippen molar-refractivity contribution in [2.24, 2.45) is 17.6 Å². The van der Waals surface area contributed by atoms with E-state index >= 15 is 0 Å². The Labute approximate surface area is 122 Å². The standard InChI is InChI=1S/C18H26N2/c1-3-14-8-9-16(12-19)18(11-14)20-13(2)10-15-6-4-5-7-17(15)20/h4-7,10,14,16,18H,3,8-9,11-12,19H2,1-2H3. The number of benzene rings is 1. The first-order valence-electron chi connectivity index (χ1n) is 8.01. The normalized spacial score (nSPS) is 27.1. The maximum absolute atomic E-state index is 6.07. The summed E-state index contributed by atoms with van der Waals surface area (Å²) in [6.45, 7) is 5.38. The SMILES string of the molecule is CCC1CCC(CN)C(n2c(C)cc3ccccc32)C1. The van der Waals surface area contributed by atoms with Gasteiger partial charge in [0.25, 0.3) is 0 Å². The summed E-state index contributed by atoms with van der Waals surface area (Å²) in [5.74, 6) is 1.50. The molecular formula is C18H26N2. The fraction of sp³-hybridized carbons (Fsp3) is 0.556. The van der Waals surface area contributed by atoms with E-state index in [1.165, 1.54) is 42.3 Å². The number of aryl methyl sites for hydroxylation is 1. The Morgan fingerprint density at radius 1 is 1.25 bits per heavy atom. The van der Waals surface area contributed by atoms with Gasteiger partial charge >= 0.3 is 0 Å². The number of para-hydroxylation sites is 1. The Morgan fingerprint density at radius 3 is 2.80 bits per heavy atom. The van der Waals surface area contributed by atoms with Crippen molar-refractivity contribution < 1.29 is 0 Å². The smallest absolute Gasteiger partial charge is 0.0485 e. The highest BCUT2D eigenvalue weighted by Gasteiger charge is 2.31. The molecule has 0 saturated heterocycles. The van der Waals surface area contributed by atoms with Crippen molar-refractivity contribution in [3.8, 4) is 0 Å². The molecule has 0 aliphatic heterocycles. The van der Waals surface area contributed by atoms with Crippen molar-refractivity contribution in [1.82, 2.24) is 4.57 Å². The summed E-state index contributed by atoms with van der Waals surface area (Å²) in [5, 5.41) is 1.36. The molecule has 1 aromatic carbocycles. The van der Waals surface area contributed by atoms with Crippen LogP contribution in [0.5, 0.6) is 0 Å². The predicted molar refractivity (Wildman–Crippen MR) is 85.9 cm³/mol. The molecule has 1 aromatic heterocycles. The largest absolute Gasteiger partial charge is 0.341 e. The molecule has 0 amide bonds. The highest BCUT2D eigenvalue weighted by atomic mass is 15.0. The Morgan fingerprint density at radius 2 is 2.05 bits per heavy atom. The molecule has 1 aliphatic rings. The molecule has 1 fully saturated rings. The van der Waals surface area contributed by atoms with Gasteiger partial charge in [0.1, 0.15) is 0 Å². The monoisotopic (exact) mass is 270 g/mol. The van der Waals surface area contributed by atoms with Crippen LogP contribution in [-0.4, -0.2) is 11.1 Å². The van der Waals surface area contributed by atoms with Gasteiger partial charge in [-0.3, -0.25) is 0 Å². The molecule has 20 heavy (non-hydrogen) atoms. The summed E-state index contributed by atoms with van der Waals surface area (Å²) in [7, 11) is 0. The minimum atomic E-state index is 0.582. The van der Waals surface area contributed by atoms with Gasteiger partial charge in [-0.15, -0.1) is 0 Å². The highest BCUT2D eigenvalue weighted by molar-refractivity contribution is 5.81. The summed E-state index contributed by atoms with van der Waals surface area (Å²) >= 11 is 0. The summed E-state index contributed by atoms with van der Waals surface area (Å²) in [4.78, 5) is 0. The highest BCUT2D eigenvalue weighted by Crippen LogP contribution is 2.40. The summed E-state index contributed by atoms with van der Waals surface area (Å²) in [5.41, 5.74) is 8.83. The van der Waals surface area contributed by atoms with Gasteiger partial charge in [-0.2, -0.15) is 0 Å². The molecule has 0 spiro atoms. The molecule has 1 heterocycles. The zero-order valence-corrected chi connectivity index (χ0v) is 12.7. The van der Waals surface area contributed by atoms with Crippen LogP contribution in [-0.2, 0) is 0 Å². The molecule has 2 aromatic rings. The molecule has 1 saturated carbocycles. The third-order valence-electron chi connectivity index (χ3n) is 5.22. The van der Waals surface area contributed by atoms with Crippen LogP contribution < -0.4 is 5.73 Å². The molecule has 108 valence electrons. The van der Waals surface area contributed by atoms with Crippen molar-refractivity contribution in [3.05, 3.63) is 36.0 Å². The lowest BCUT2D eigenvalue weighted by molar-refractivity contribution is 0.186. The summed E-state index contributed by atoms with van der Waals surface area (Å²) in [6, 6.07) is 11.6. The quantitative estimate of drug-likeness (QED) is 0.887. The van der Waals surface area contributed by atoms with E-state index < -0.39 is 0 Å². The van der Waals surface area contributed by atoms with Crippen LogP contribution in [0.3, 0.4) is 0 Å². The van der Waals surface area contributed by atoms with Crippen molar-refractivity contribution >= 4 is 10.9 Å². The van der Waals surface area contributed by atoms with Gasteiger partial charge in [-0.1, -0.05) is 31.5 Å². The van der Waals surface area contributed by atoms with Crippen LogP contribution in [0.15, 0.2) is 30.3 Å². The van der Waals surface area contributed by atoms with Gasteiger partial charge < -0.3 is 10.3 Å². The van der Waals surface area contributed by atoms with E-state index in [0.717, 1.165) is 12.5 Å². The van der Waals surface area contributed by atoms with E-state index in [0.29, 0.717) is 12.0 Å². The van der Waals surface area contributed by atoms with Crippen LogP contribution in [0, 0.1) is 18.8 Å². The Balaban J connectivity index is 2.04. The molecule has 2 nitrogen and oxygen atoms in total. The lowest BCUT2D eigenvalue weighted by Crippen LogP contribution is -2.32. The van der Waals surface area contributed by atoms with Gasteiger partial charge in [0.2, 0.25) is 0 Å². The Bertz CT molecular complexity index is 584. The number of rotatable bonds is 3. The first-order chi connectivity index (χ1) is 9.74. The van der Waals surface area contributed by atoms with Crippen molar-refractivity contribution in [1.29, 1.82) is 0 Å². The van der Waals surface area contributed by atoms with Gasteiger partial charge in [-0.25, -0.2) is 0 Å². The number of fused-ring (bicyclic) bond motifs is 1. The van der Waals surface area contributed by atoms with Crippen LogP contribution in [0.4, 0.5) is 0 Å². The van der Waals surface area contributed by atoms with E-state index in [9.17, 15) is 0 Å². The van der Waals surface area contributed by atoms with Gasteiger partial charge in [0.05, 0.1) is 0 Å². The molecule has 2 N–H and O–H groups in total. The number of hydrogen-bond acceptors (Lipinski definition) is 1. The lowest BCUT2D eigenvalue weighted by Gasteiger charge is -2.37. The first-order valence-corrected chi connectivity index (χ1v) is 8.01. The molecule has 0 radical (unpaired) electrons. The van der Waals surface area contributed by atoms with Crippen molar-refractivity contribution in [3.63, 3.8) is 0 Å². The second kappa shape index (κ2) is 5.61. The molecule has 2 heteroatoms. The second-order valence-corrected chi connectivity index (χ2v) is 6.36. The topological polar surface area (TPSA) is 30.9 Å². The third kappa shape index (κ3) is 2.26. The number of nitrogens with two attached hydrogens (primary N) is 1. The molecule has 3 unspecified atom stereocenters. The third-order valence-corrected chi connectivity index (χ3v) is 5.22. The maximum Gasteiger partial charge on any atom is 0.0485 e. The number of hydrogen-bond donors (Lipinski definition) is 1. The molecule has 3 atom stereocenters. The summed E-state index contributed by atoms with van der Waals surface area (Å²) < 4.78 is 2.56. The summed E-state index contributed by atoms with van der Waals surface area (Å²) in [6.07, 6.45) is 5.22. The van der Waals surface area contributed by atoms with Crippen LogP contribution in [0.25, 0.3) is 10.9 Å². The van der Waals surface area contributed by atoms with Crippen LogP contribution in [0.1, 0.15) is 44.3 Å². The van der Waals surface area contributed by atoms with Gasteiger partial charge in [-0.05, 0) is 62.1 Å². The number of aromatic nitrogens is 1. The minimum absolute atomic E-state index is 0.582. The zero-order chi connectivity index (χ0) is 14.1. The van der Waals surface area contributed by atoms with E-state index in [1.54, 1.807) is 0 Å². The fourth-order valence-electron chi connectivity index (χ4n) is 4.01. The Kier molecular flexibility index (Phi) is 3.84. The first kappa shape index (κ1) is 13.7. The van der Waals surface area contributed by atoms with E-state index in [2.05, 4.69) is 48.7 Å². The minimum Gasteiger partial charge on any atom is -0.341 e. The molecule has 0 bridgehead atoms. The predicted octanol–water partition coefficient (Wildman–Crippen LogP) is 4.28. The van der Waals surface area contributed by atoms with Crippen LogP contribution in [0.2, 0.25) is 0 Å². The lowest BCUT2D eigenvalue weighted by atomic mass is 9.77. The fourth-order valence-corrected chi connectivity index (χ4v) is 4.01. The van der Waals surface area contributed by atoms with E-state index in [-0.39, 0.29) is 0 Å². The number of nitrogens with zero attached hydrogens (tertiary/aromatic N) is 1. The second-order valence-electron chi connectivity index (χ2n) is 6.36. The van der Waals surface area contributed by atoms with Gasteiger partial charge in [0, 0.05) is 17.3 Å². The average Bonchev–Trinajstić information content (AvgIpc) is 2.82. The van der Waals surface area contributed by atoms with E-state index in [1.807, 2.05) is 0 Å². The van der Waals surface area contributed by atoms with E-state index in [4.69, 9.17) is 5.73 Å². The Hall–Kier alpha value is -1.28. The average molecular weight is 270 g/mol. The maximum atomic E-state index is 6.07. The van der Waals surface area contributed by atoms with Gasteiger partial charge in [0.15, 0.2) is 0 Å². The van der Waals surface area contributed by atoms with Crippen LogP contribution >= 0.6 is 0 Å². The molecule has 3 rings (SSSR count). The zero-order valence-electron chi connectivity index (χ0n) is 12.7. The molecular weight excluding hydrogens is 244 g/mol.